The third-order valence-electron chi connectivity index (χ3n) is 1.45. The normalized spacial score (nSPS) is 30.7. The Morgan fingerprint density at radius 3 is 3.00 bits per heavy atom. The van der Waals surface area contributed by atoms with Crippen LogP contribution in [-0.4, -0.2) is 38.4 Å². The highest BCUT2D eigenvalue weighted by Gasteiger charge is 2.18. The van der Waals surface area contributed by atoms with Crippen LogP contribution in [0.25, 0.3) is 0 Å². The van der Waals surface area contributed by atoms with E-state index in [1.165, 1.54) is 0 Å². The predicted molar refractivity (Wildman–Crippen MR) is 33.7 cm³/mol. The smallest absolute Gasteiger partial charge is 0.139 e. The SMILES string of the molecule is COC1[CH]OCCN1C. The van der Waals surface area contributed by atoms with E-state index in [2.05, 4.69) is 4.90 Å². The molecule has 0 spiro atoms. The zero-order valence-corrected chi connectivity index (χ0v) is 5.83. The first kappa shape index (κ1) is 6.99. The molecule has 1 atom stereocenters. The summed E-state index contributed by atoms with van der Waals surface area (Å²) in [7, 11) is 3.68. The maximum Gasteiger partial charge on any atom is 0.139 e. The summed E-state index contributed by atoms with van der Waals surface area (Å²) >= 11 is 0. The number of likely N-dealkylation sites (N-methyl/N-ethyl adjacent to an activating group) is 1. The van der Waals surface area contributed by atoms with Crippen LogP contribution in [-0.2, 0) is 9.47 Å². The van der Waals surface area contributed by atoms with Crippen molar-refractivity contribution in [2.45, 2.75) is 6.23 Å². The van der Waals surface area contributed by atoms with Crippen molar-refractivity contribution < 1.29 is 9.47 Å². The lowest BCUT2D eigenvalue weighted by atomic mass is 10.4. The van der Waals surface area contributed by atoms with Gasteiger partial charge >= 0.3 is 0 Å². The Bertz CT molecular complexity index is 87.1. The van der Waals surface area contributed by atoms with Crippen molar-refractivity contribution in [1.82, 2.24) is 4.90 Å². The van der Waals surface area contributed by atoms with Crippen LogP contribution in [0.1, 0.15) is 0 Å². The van der Waals surface area contributed by atoms with Gasteiger partial charge in [0.2, 0.25) is 0 Å². The number of rotatable bonds is 1. The van der Waals surface area contributed by atoms with E-state index in [-0.39, 0.29) is 6.23 Å². The summed E-state index contributed by atoms with van der Waals surface area (Å²) < 4.78 is 10.1. The van der Waals surface area contributed by atoms with Crippen LogP contribution in [0, 0.1) is 6.61 Å². The summed E-state index contributed by atoms with van der Waals surface area (Å²) in [5.41, 5.74) is 0. The second kappa shape index (κ2) is 3.15. The lowest BCUT2D eigenvalue weighted by molar-refractivity contribution is -0.0765. The molecule has 1 rings (SSSR count). The maximum atomic E-state index is 5.05. The van der Waals surface area contributed by atoms with E-state index in [9.17, 15) is 0 Å². The number of morpholine rings is 1. The Hall–Kier alpha value is -0.120. The predicted octanol–water partition coefficient (Wildman–Crippen LogP) is 0.0827. The summed E-state index contributed by atoms with van der Waals surface area (Å²) in [4.78, 5) is 2.09. The van der Waals surface area contributed by atoms with E-state index in [4.69, 9.17) is 9.47 Å². The van der Waals surface area contributed by atoms with Gasteiger partial charge in [-0.3, -0.25) is 4.90 Å². The van der Waals surface area contributed by atoms with Crippen molar-refractivity contribution in [3.8, 4) is 0 Å². The number of hydrogen-bond donors (Lipinski definition) is 0. The Labute approximate surface area is 55.5 Å². The van der Waals surface area contributed by atoms with Gasteiger partial charge in [0, 0.05) is 13.7 Å². The molecule has 3 heteroatoms. The molecule has 0 aliphatic carbocycles. The highest BCUT2D eigenvalue weighted by Crippen LogP contribution is 2.07. The first-order valence-corrected chi connectivity index (χ1v) is 3.02. The molecule has 0 bridgehead atoms. The summed E-state index contributed by atoms with van der Waals surface area (Å²) in [5, 5.41) is 0. The van der Waals surface area contributed by atoms with Crippen molar-refractivity contribution >= 4 is 0 Å². The fraction of sp³-hybridized carbons (Fsp3) is 0.833. The first-order valence-electron chi connectivity index (χ1n) is 3.02. The third kappa shape index (κ3) is 1.64. The molecule has 0 saturated carbocycles. The fourth-order valence-electron chi connectivity index (χ4n) is 0.814. The second-order valence-electron chi connectivity index (χ2n) is 2.11. The van der Waals surface area contributed by atoms with E-state index in [0.717, 1.165) is 13.2 Å². The van der Waals surface area contributed by atoms with Crippen LogP contribution in [0.5, 0.6) is 0 Å². The molecule has 0 aromatic carbocycles. The standard InChI is InChI=1S/C6H12NO2/c1-7-3-4-9-5-6(7)8-2/h5-6H,3-4H2,1-2H3. The van der Waals surface area contributed by atoms with E-state index in [1.807, 2.05) is 7.05 Å². The van der Waals surface area contributed by atoms with Crippen LogP contribution < -0.4 is 0 Å². The van der Waals surface area contributed by atoms with Crippen molar-refractivity contribution in [3.05, 3.63) is 6.61 Å². The van der Waals surface area contributed by atoms with E-state index >= 15 is 0 Å². The lowest BCUT2D eigenvalue weighted by Crippen LogP contribution is -2.40. The molecule has 1 aliphatic rings. The van der Waals surface area contributed by atoms with Crippen molar-refractivity contribution in [3.63, 3.8) is 0 Å². The van der Waals surface area contributed by atoms with Gasteiger partial charge in [0.15, 0.2) is 0 Å². The van der Waals surface area contributed by atoms with E-state index in [0.29, 0.717) is 0 Å². The lowest BCUT2D eigenvalue weighted by Gasteiger charge is -2.30. The Kier molecular flexibility index (Phi) is 2.45. The summed E-state index contributed by atoms with van der Waals surface area (Å²) in [6, 6.07) is 0. The topological polar surface area (TPSA) is 21.7 Å². The number of nitrogens with zero attached hydrogens (tertiary/aromatic N) is 1. The van der Waals surface area contributed by atoms with Gasteiger partial charge in [-0.05, 0) is 7.05 Å². The molecule has 1 fully saturated rings. The molecule has 0 N–H and O–H groups in total. The van der Waals surface area contributed by atoms with Gasteiger partial charge in [0.1, 0.15) is 12.8 Å². The Morgan fingerprint density at radius 2 is 2.56 bits per heavy atom. The largest absolute Gasteiger partial charge is 0.370 e. The summed E-state index contributed by atoms with van der Waals surface area (Å²) in [6.45, 7) is 3.43. The molecule has 1 saturated heterocycles. The second-order valence-corrected chi connectivity index (χ2v) is 2.11. The molecule has 3 nitrogen and oxygen atoms in total. The first-order chi connectivity index (χ1) is 4.34. The van der Waals surface area contributed by atoms with Gasteiger partial charge in [-0.1, -0.05) is 0 Å². The number of methoxy groups -OCH3 is 1. The van der Waals surface area contributed by atoms with E-state index in [1.54, 1.807) is 13.7 Å². The average Bonchev–Trinajstić information content (AvgIpc) is 1.89. The molecule has 0 amide bonds. The van der Waals surface area contributed by atoms with E-state index < -0.39 is 0 Å². The van der Waals surface area contributed by atoms with Crippen LogP contribution >= 0.6 is 0 Å². The molecular formula is C6H12NO2. The van der Waals surface area contributed by atoms with Crippen molar-refractivity contribution in [2.75, 3.05) is 27.3 Å². The molecular weight excluding hydrogens is 118 g/mol. The molecule has 0 aromatic rings. The van der Waals surface area contributed by atoms with Gasteiger partial charge < -0.3 is 9.47 Å². The number of ether oxygens (including phenoxy) is 2. The summed E-state index contributed by atoms with van der Waals surface area (Å²) in [5.74, 6) is 0. The van der Waals surface area contributed by atoms with Crippen molar-refractivity contribution in [1.29, 1.82) is 0 Å². The monoisotopic (exact) mass is 130 g/mol. The maximum absolute atomic E-state index is 5.05. The Morgan fingerprint density at radius 1 is 1.78 bits per heavy atom. The van der Waals surface area contributed by atoms with Gasteiger partial charge in [-0.2, -0.15) is 0 Å². The molecule has 1 radical (unpaired) electrons. The quantitative estimate of drug-likeness (QED) is 0.502. The van der Waals surface area contributed by atoms with Crippen LogP contribution in [0.3, 0.4) is 0 Å². The minimum atomic E-state index is 0.0405. The average molecular weight is 130 g/mol. The van der Waals surface area contributed by atoms with Gasteiger partial charge in [-0.15, -0.1) is 0 Å². The fourth-order valence-corrected chi connectivity index (χ4v) is 0.814. The highest BCUT2D eigenvalue weighted by molar-refractivity contribution is 4.71. The van der Waals surface area contributed by atoms with Crippen LogP contribution in [0.2, 0.25) is 0 Å². The van der Waals surface area contributed by atoms with Gasteiger partial charge in [0.05, 0.1) is 6.61 Å². The molecule has 53 valence electrons. The minimum Gasteiger partial charge on any atom is -0.370 e. The number of hydrogen-bond acceptors (Lipinski definition) is 3. The third-order valence-corrected chi connectivity index (χ3v) is 1.45. The molecule has 1 heterocycles. The molecule has 1 unspecified atom stereocenters. The van der Waals surface area contributed by atoms with Crippen LogP contribution in [0.15, 0.2) is 0 Å². The molecule has 1 aliphatic heterocycles. The molecule has 0 aromatic heterocycles. The van der Waals surface area contributed by atoms with Crippen LogP contribution in [0.4, 0.5) is 0 Å². The highest BCUT2D eigenvalue weighted by atomic mass is 16.5. The van der Waals surface area contributed by atoms with Gasteiger partial charge in [0.25, 0.3) is 0 Å². The minimum absolute atomic E-state index is 0.0405. The van der Waals surface area contributed by atoms with Crippen molar-refractivity contribution in [2.24, 2.45) is 0 Å². The zero-order chi connectivity index (χ0) is 6.69. The molecule has 9 heavy (non-hydrogen) atoms. The zero-order valence-electron chi connectivity index (χ0n) is 5.83. The summed E-state index contributed by atoms with van der Waals surface area (Å²) in [6.07, 6.45) is 0.0405. The Balaban J connectivity index is 2.30. The van der Waals surface area contributed by atoms with Gasteiger partial charge in [-0.25, -0.2) is 0 Å².